The quantitative estimate of drug-likeness (QED) is 0.599. The molecule has 0 saturated heterocycles. The van der Waals surface area contributed by atoms with Gasteiger partial charge in [-0.25, -0.2) is 0 Å². The van der Waals surface area contributed by atoms with Crippen LogP contribution in [0.3, 0.4) is 0 Å². The van der Waals surface area contributed by atoms with Crippen molar-refractivity contribution in [2.75, 3.05) is 5.33 Å². The van der Waals surface area contributed by atoms with E-state index in [1.807, 2.05) is 18.2 Å². The molecule has 1 aliphatic carbocycles. The SMILES string of the molecule is N#CC1(c2cccc(C#CCCBr)c2)CC1. The van der Waals surface area contributed by atoms with Crippen molar-refractivity contribution in [3.05, 3.63) is 35.4 Å². The smallest absolute Gasteiger partial charge is 0.0824 e. The summed E-state index contributed by atoms with van der Waals surface area (Å²) in [6.45, 7) is 0. The summed E-state index contributed by atoms with van der Waals surface area (Å²) in [5, 5.41) is 10.0. The average molecular weight is 274 g/mol. The van der Waals surface area contributed by atoms with Crippen LogP contribution in [0.15, 0.2) is 24.3 Å². The molecule has 0 aromatic heterocycles. The number of nitrogens with zero attached hydrogens (tertiary/aromatic N) is 1. The Kier molecular flexibility index (Phi) is 3.32. The predicted molar refractivity (Wildman–Crippen MR) is 68.3 cm³/mol. The molecule has 1 fully saturated rings. The Morgan fingerprint density at radius 1 is 1.38 bits per heavy atom. The summed E-state index contributed by atoms with van der Waals surface area (Å²) in [5.41, 5.74) is 1.94. The number of halogens is 1. The van der Waals surface area contributed by atoms with E-state index in [4.69, 9.17) is 5.26 Å². The number of rotatable bonds is 2. The minimum Gasteiger partial charge on any atom is -0.197 e. The van der Waals surface area contributed by atoms with Gasteiger partial charge in [-0.05, 0) is 30.5 Å². The number of benzene rings is 1. The van der Waals surface area contributed by atoms with Crippen LogP contribution in [0.4, 0.5) is 0 Å². The molecule has 80 valence electrons. The van der Waals surface area contributed by atoms with E-state index in [-0.39, 0.29) is 5.41 Å². The molecule has 16 heavy (non-hydrogen) atoms. The summed E-state index contributed by atoms with van der Waals surface area (Å²) < 4.78 is 0. The molecular weight excluding hydrogens is 262 g/mol. The molecule has 2 rings (SSSR count). The van der Waals surface area contributed by atoms with Gasteiger partial charge >= 0.3 is 0 Å². The van der Waals surface area contributed by atoms with Crippen LogP contribution in [-0.4, -0.2) is 5.33 Å². The number of alkyl halides is 1. The summed E-state index contributed by atoms with van der Waals surface area (Å²) in [4.78, 5) is 0. The lowest BCUT2D eigenvalue weighted by Gasteiger charge is -2.05. The average Bonchev–Trinajstić information content (AvgIpc) is 3.11. The topological polar surface area (TPSA) is 23.8 Å². The molecule has 1 nitrogen and oxygen atoms in total. The van der Waals surface area contributed by atoms with Gasteiger partial charge in [-0.2, -0.15) is 5.26 Å². The Hall–Kier alpha value is -1.25. The van der Waals surface area contributed by atoms with Gasteiger partial charge < -0.3 is 0 Å². The Bertz CT molecular complexity index is 483. The van der Waals surface area contributed by atoms with Crippen molar-refractivity contribution >= 4 is 15.9 Å². The van der Waals surface area contributed by atoms with Gasteiger partial charge in [0.1, 0.15) is 0 Å². The minimum atomic E-state index is -0.201. The lowest BCUT2D eigenvalue weighted by atomic mass is 9.96. The van der Waals surface area contributed by atoms with Crippen molar-refractivity contribution < 1.29 is 0 Å². The van der Waals surface area contributed by atoms with Crippen molar-refractivity contribution in [2.45, 2.75) is 24.7 Å². The second-order valence-corrected chi connectivity index (χ2v) is 4.81. The maximum Gasteiger partial charge on any atom is 0.0824 e. The number of hydrogen-bond acceptors (Lipinski definition) is 1. The third-order valence-corrected chi connectivity index (χ3v) is 3.23. The zero-order valence-corrected chi connectivity index (χ0v) is 10.5. The molecule has 0 spiro atoms. The highest BCUT2D eigenvalue weighted by Gasteiger charge is 2.44. The summed E-state index contributed by atoms with van der Waals surface area (Å²) in [5.74, 6) is 6.21. The van der Waals surface area contributed by atoms with Crippen LogP contribution in [0, 0.1) is 23.2 Å². The molecule has 0 unspecified atom stereocenters. The van der Waals surface area contributed by atoms with Crippen molar-refractivity contribution in [1.29, 1.82) is 5.26 Å². The van der Waals surface area contributed by atoms with E-state index in [9.17, 15) is 0 Å². The Balaban J connectivity index is 2.22. The summed E-state index contributed by atoms with van der Waals surface area (Å²) >= 11 is 3.34. The first-order chi connectivity index (χ1) is 7.80. The van der Waals surface area contributed by atoms with Gasteiger partial charge in [-0.3, -0.25) is 0 Å². The van der Waals surface area contributed by atoms with Crippen molar-refractivity contribution in [2.24, 2.45) is 0 Å². The van der Waals surface area contributed by atoms with Gasteiger partial charge in [0.2, 0.25) is 0 Å². The molecule has 0 radical (unpaired) electrons. The van der Waals surface area contributed by atoms with E-state index in [1.165, 1.54) is 0 Å². The molecule has 2 heteroatoms. The van der Waals surface area contributed by atoms with Crippen LogP contribution < -0.4 is 0 Å². The Morgan fingerprint density at radius 2 is 2.19 bits per heavy atom. The van der Waals surface area contributed by atoms with Crippen molar-refractivity contribution in [3.8, 4) is 17.9 Å². The second-order valence-electron chi connectivity index (χ2n) is 4.02. The summed E-state index contributed by atoms with van der Waals surface area (Å²) in [7, 11) is 0. The molecule has 0 heterocycles. The Labute approximate surface area is 105 Å². The number of hydrogen-bond donors (Lipinski definition) is 0. The molecule has 0 aliphatic heterocycles. The van der Waals surface area contributed by atoms with Crippen LogP contribution >= 0.6 is 15.9 Å². The lowest BCUT2D eigenvalue weighted by Crippen LogP contribution is -2.02. The first-order valence-corrected chi connectivity index (χ1v) is 6.49. The fourth-order valence-corrected chi connectivity index (χ4v) is 1.89. The van der Waals surface area contributed by atoms with E-state index in [0.29, 0.717) is 0 Å². The van der Waals surface area contributed by atoms with Crippen LogP contribution in [-0.2, 0) is 5.41 Å². The monoisotopic (exact) mass is 273 g/mol. The van der Waals surface area contributed by atoms with Crippen LogP contribution in [0.1, 0.15) is 30.4 Å². The fraction of sp³-hybridized carbons (Fsp3) is 0.357. The lowest BCUT2D eigenvalue weighted by molar-refractivity contribution is 0.908. The second kappa shape index (κ2) is 4.73. The van der Waals surface area contributed by atoms with E-state index in [2.05, 4.69) is 39.9 Å². The van der Waals surface area contributed by atoms with Crippen LogP contribution in [0.25, 0.3) is 0 Å². The van der Waals surface area contributed by atoms with Crippen LogP contribution in [0.5, 0.6) is 0 Å². The molecule has 1 aliphatic rings. The minimum absolute atomic E-state index is 0.201. The predicted octanol–water partition coefficient (Wildman–Crippen LogP) is 3.38. The molecular formula is C14H12BrN. The highest BCUT2D eigenvalue weighted by molar-refractivity contribution is 9.09. The summed E-state index contributed by atoms with van der Waals surface area (Å²) in [6.07, 6.45) is 2.83. The van der Waals surface area contributed by atoms with E-state index in [0.717, 1.165) is 35.7 Å². The summed E-state index contributed by atoms with van der Waals surface area (Å²) in [6, 6.07) is 10.5. The third-order valence-electron chi connectivity index (χ3n) is 2.83. The molecule has 1 aromatic carbocycles. The first kappa shape index (κ1) is 11.2. The maximum absolute atomic E-state index is 9.12. The van der Waals surface area contributed by atoms with Gasteiger partial charge in [-0.1, -0.05) is 39.9 Å². The standard InChI is InChI=1S/C14H12BrN/c15-9-2-1-4-12-5-3-6-13(10-12)14(11-16)7-8-14/h3,5-6,10H,2,7-9H2. The van der Waals surface area contributed by atoms with Crippen LogP contribution in [0.2, 0.25) is 0 Å². The maximum atomic E-state index is 9.12. The fourth-order valence-electron chi connectivity index (χ4n) is 1.70. The normalized spacial score (nSPS) is 15.8. The molecule has 0 amide bonds. The Morgan fingerprint density at radius 3 is 2.81 bits per heavy atom. The van der Waals surface area contributed by atoms with Gasteiger partial charge in [0.15, 0.2) is 0 Å². The van der Waals surface area contributed by atoms with Gasteiger partial charge in [0.05, 0.1) is 11.5 Å². The van der Waals surface area contributed by atoms with E-state index < -0.39 is 0 Å². The van der Waals surface area contributed by atoms with E-state index in [1.54, 1.807) is 0 Å². The van der Waals surface area contributed by atoms with Gasteiger partial charge in [-0.15, -0.1) is 0 Å². The number of nitriles is 1. The molecule has 1 saturated carbocycles. The van der Waals surface area contributed by atoms with Gasteiger partial charge in [0, 0.05) is 17.3 Å². The van der Waals surface area contributed by atoms with Crippen molar-refractivity contribution in [1.82, 2.24) is 0 Å². The highest BCUT2D eigenvalue weighted by atomic mass is 79.9. The zero-order chi connectivity index (χ0) is 11.4. The van der Waals surface area contributed by atoms with Crippen molar-refractivity contribution in [3.63, 3.8) is 0 Å². The molecule has 0 bridgehead atoms. The van der Waals surface area contributed by atoms with Gasteiger partial charge in [0.25, 0.3) is 0 Å². The largest absolute Gasteiger partial charge is 0.197 e. The third kappa shape index (κ3) is 2.29. The first-order valence-electron chi connectivity index (χ1n) is 5.37. The molecule has 0 N–H and O–H groups in total. The zero-order valence-electron chi connectivity index (χ0n) is 8.96. The van der Waals surface area contributed by atoms with E-state index >= 15 is 0 Å². The highest BCUT2D eigenvalue weighted by Crippen LogP contribution is 2.47. The molecule has 0 atom stereocenters. The molecule has 1 aromatic rings.